The highest BCUT2D eigenvalue weighted by atomic mass is 19.1. The average molecular weight is 431 g/mol. The van der Waals surface area contributed by atoms with Crippen LogP contribution in [-0.2, 0) is 16.1 Å². The van der Waals surface area contributed by atoms with Crippen molar-refractivity contribution in [3.63, 3.8) is 0 Å². The van der Waals surface area contributed by atoms with E-state index in [1.807, 2.05) is 18.2 Å². The highest BCUT2D eigenvalue weighted by Crippen LogP contribution is 2.17. The molecule has 1 atom stereocenters. The summed E-state index contributed by atoms with van der Waals surface area (Å²) in [6.45, 7) is 7.34. The lowest BCUT2D eigenvalue weighted by Gasteiger charge is -2.26. The molecule has 3 rings (SSSR count). The summed E-state index contributed by atoms with van der Waals surface area (Å²) in [5.41, 5.74) is 0.930. The molecule has 1 aliphatic rings. The van der Waals surface area contributed by atoms with Crippen LogP contribution in [0.2, 0.25) is 0 Å². The fourth-order valence-corrected chi connectivity index (χ4v) is 3.45. The van der Waals surface area contributed by atoms with Crippen LogP contribution in [0.15, 0.2) is 42.5 Å². The van der Waals surface area contributed by atoms with Crippen LogP contribution in [0, 0.1) is 17.6 Å². The van der Waals surface area contributed by atoms with E-state index in [0.29, 0.717) is 18.9 Å². The standard InChI is InChI=1S/C23H27F2N3O3/c1-15(2)21(27-22(29)20-18(24)7-4-8-19(20)25)23(30)26-17-6-3-5-16(13-17)14-28-9-11-31-12-10-28/h3-8,13,15,21H,9-12,14H2,1-2H3,(H,26,30)(H,27,29)/t21-/m0/s1. The zero-order chi connectivity index (χ0) is 22.4. The minimum atomic E-state index is -0.976. The maximum Gasteiger partial charge on any atom is 0.257 e. The van der Waals surface area contributed by atoms with Crippen molar-refractivity contribution in [3.8, 4) is 0 Å². The van der Waals surface area contributed by atoms with E-state index in [-0.39, 0.29) is 5.92 Å². The van der Waals surface area contributed by atoms with Crippen molar-refractivity contribution in [2.45, 2.75) is 26.4 Å². The fourth-order valence-electron chi connectivity index (χ4n) is 3.45. The van der Waals surface area contributed by atoms with Gasteiger partial charge < -0.3 is 15.4 Å². The van der Waals surface area contributed by atoms with Crippen LogP contribution in [0.25, 0.3) is 0 Å². The smallest absolute Gasteiger partial charge is 0.257 e. The van der Waals surface area contributed by atoms with Crippen LogP contribution in [0.3, 0.4) is 0 Å². The van der Waals surface area contributed by atoms with Crippen molar-refractivity contribution in [1.82, 2.24) is 10.2 Å². The molecule has 2 N–H and O–H groups in total. The number of hydrogen-bond acceptors (Lipinski definition) is 4. The van der Waals surface area contributed by atoms with Gasteiger partial charge in [-0.2, -0.15) is 0 Å². The van der Waals surface area contributed by atoms with Gasteiger partial charge in [-0.15, -0.1) is 0 Å². The number of benzene rings is 2. The molecule has 0 aromatic heterocycles. The number of halogens is 2. The summed E-state index contributed by atoms with van der Waals surface area (Å²) in [6.07, 6.45) is 0. The van der Waals surface area contributed by atoms with Gasteiger partial charge in [0.25, 0.3) is 5.91 Å². The number of anilines is 1. The Morgan fingerprint density at radius 2 is 1.71 bits per heavy atom. The zero-order valence-electron chi connectivity index (χ0n) is 17.7. The molecule has 1 aliphatic heterocycles. The van der Waals surface area contributed by atoms with E-state index in [4.69, 9.17) is 4.74 Å². The summed E-state index contributed by atoms with van der Waals surface area (Å²) in [7, 11) is 0. The van der Waals surface area contributed by atoms with Crippen molar-refractivity contribution in [2.75, 3.05) is 31.6 Å². The van der Waals surface area contributed by atoms with Crippen molar-refractivity contribution >= 4 is 17.5 Å². The van der Waals surface area contributed by atoms with Crippen molar-refractivity contribution in [1.29, 1.82) is 0 Å². The second kappa shape index (κ2) is 10.5. The largest absolute Gasteiger partial charge is 0.379 e. The Morgan fingerprint density at radius 3 is 2.35 bits per heavy atom. The first-order chi connectivity index (χ1) is 14.8. The molecular weight excluding hydrogens is 404 g/mol. The summed E-state index contributed by atoms with van der Waals surface area (Å²) < 4.78 is 33.2. The monoisotopic (exact) mass is 431 g/mol. The molecule has 8 heteroatoms. The lowest BCUT2D eigenvalue weighted by Crippen LogP contribution is -2.47. The van der Waals surface area contributed by atoms with Gasteiger partial charge >= 0.3 is 0 Å². The van der Waals surface area contributed by atoms with Crippen LogP contribution in [0.4, 0.5) is 14.5 Å². The Bertz CT molecular complexity index is 910. The Morgan fingerprint density at radius 1 is 1.06 bits per heavy atom. The SMILES string of the molecule is CC(C)[C@H](NC(=O)c1c(F)cccc1F)C(=O)Nc1cccc(CN2CCOCC2)c1. The van der Waals surface area contributed by atoms with Gasteiger partial charge in [-0.3, -0.25) is 14.5 Å². The second-order valence-corrected chi connectivity index (χ2v) is 7.87. The third-order valence-corrected chi connectivity index (χ3v) is 5.13. The predicted molar refractivity (Wildman–Crippen MR) is 114 cm³/mol. The fraction of sp³-hybridized carbons (Fsp3) is 0.391. The van der Waals surface area contributed by atoms with Gasteiger partial charge in [-0.25, -0.2) is 8.78 Å². The molecule has 1 heterocycles. The Balaban J connectivity index is 1.68. The van der Waals surface area contributed by atoms with E-state index in [0.717, 1.165) is 37.3 Å². The van der Waals surface area contributed by atoms with E-state index in [2.05, 4.69) is 15.5 Å². The number of nitrogens with one attached hydrogen (secondary N) is 2. The van der Waals surface area contributed by atoms with E-state index >= 15 is 0 Å². The van der Waals surface area contributed by atoms with Gasteiger partial charge in [0.15, 0.2) is 0 Å². The van der Waals surface area contributed by atoms with E-state index in [1.54, 1.807) is 19.9 Å². The summed E-state index contributed by atoms with van der Waals surface area (Å²) in [4.78, 5) is 27.6. The van der Waals surface area contributed by atoms with Crippen molar-refractivity contribution < 1.29 is 23.1 Å². The molecule has 0 unspecified atom stereocenters. The van der Waals surface area contributed by atoms with Gasteiger partial charge in [-0.05, 0) is 35.7 Å². The molecule has 166 valence electrons. The van der Waals surface area contributed by atoms with Gasteiger partial charge in [0.1, 0.15) is 23.2 Å². The first-order valence-electron chi connectivity index (χ1n) is 10.3. The van der Waals surface area contributed by atoms with Gasteiger partial charge in [0, 0.05) is 25.3 Å². The molecule has 2 amide bonds. The first kappa shape index (κ1) is 22.8. The molecule has 2 aromatic carbocycles. The van der Waals surface area contributed by atoms with E-state index in [1.165, 1.54) is 6.07 Å². The number of nitrogens with zero attached hydrogens (tertiary/aromatic N) is 1. The number of hydrogen-bond donors (Lipinski definition) is 2. The maximum atomic E-state index is 13.9. The van der Waals surface area contributed by atoms with Gasteiger partial charge in [0.2, 0.25) is 5.91 Å². The highest BCUT2D eigenvalue weighted by molar-refractivity contribution is 6.01. The summed E-state index contributed by atoms with van der Waals surface area (Å²) in [5.74, 6) is -3.67. The van der Waals surface area contributed by atoms with Crippen LogP contribution >= 0.6 is 0 Å². The summed E-state index contributed by atoms with van der Waals surface area (Å²) in [5, 5.41) is 5.26. The third-order valence-electron chi connectivity index (χ3n) is 5.13. The number of ether oxygens (including phenoxy) is 1. The molecule has 31 heavy (non-hydrogen) atoms. The molecule has 2 aromatic rings. The Hall–Kier alpha value is -2.84. The molecule has 1 fully saturated rings. The lowest BCUT2D eigenvalue weighted by atomic mass is 10.0. The van der Waals surface area contributed by atoms with E-state index in [9.17, 15) is 18.4 Å². The Kier molecular flexibility index (Phi) is 7.70. The van der Waals surface area contributed by atoms with Crippen LogP contribution < -0.4 is 10.6 Å². The molecule has 0 radical (unpaired) electrons. The van der Waals surface area contributed by atoms with Crippen LogP contribution in [0.5, 0.6) is 0 Å². The molecular formula is C23H27F2N3O3. The van der Waals surface area contributed by atoms with Crippen LogP contribution in [0.1, 0.15) is 29.8 Å². The zero-order valence-corrected chi connectivity index (χ0v) is 17.7. The number of carbonyl (C=O) groups is 2. The van der Waals surface area contributed by atoms with Gasteiger partial charge in [0.05, 0.1) is 13.2 Å². The maximum absolute atomic E-state index is 13.9. The first-order valence-corrected chi connectivity index (χ1v) is 10.3. The number of carbonyl (C=O) groups excluding carboxylic acids is 2. The quantitative estimate of drug-likeness (QED) is 0.707. The number of rotatable bonds is 7. The van der Waals surface area contributed by atoms with E-state index < -0.39 is 35.1 Å². The van der Waals surface area contributed by atoms with Gasteiger partial charge in [-0.1, -0.05) is 32.0 Å². The van der Waals surface area contributed by atoms with Crippen LogP contribution in [-0.4, -0.2) is 49.1 Å². The third kappa shape index (κ3) is 6.08. The number of morpholine rings is 1. The molecule has 0 spiro atoms. The molecule has 0 saturated carbocycles. The van der Waals surface area contributed by atoms with Crippen molar-refractivity contribution in [3.05, 3.63) is 65.2 Å². The predicted octanol–water partition coefficient (Wildman–Crippen LogP) is 3.19. The minimum absolute atomic E-state index is 0.296. The normalized spacial score (nSPS) is 15.5. The Labute approximate surface area is 180 Å². The molecule has 6 nitrogen and oxygen atoms in total. The lowest BCUT2D eigenvalue weighted by molar-refractivity contribution is -0.118. The summed E-state index contributed by atoms with van der Waals surface area (Å²) >= 11 is 0. The molecule has 0 bridgehead atoms. The average Bonchev–Trinajstić information content (AvgIpc) is 2.72. The molecule has 1 saturated heterocycles. The molecule has 0 aliphatic carbocycles. The second-order valence-electron chi connectivity index (χ2n) is 7.87. The topological polar surface area (TPSA) is 70.7 Å². The minimum Gasteiger partial charge on any atom is -0.379 e. The number of amides is 2. The summed E-state index contributed by atoms with van der Waals surface area (Å²) in [6, 6.07) is 9.69. The van der Waals surface area contributed by atoms with Crippen molar-refractivity contribution in [2.24, 2.45) is 5.92 Å². The highest BCUT2D eigenvalue weighted by Gasteiger charge is 2.27.